The van der Waals surface area contributed by atoms with Gasteiger partial charge in [0.1, 0.15) is 5.75 Å². The number of urea groups is 1. The molecule has 0 fully saturated rings. The number of amides is 2. The topological polar surface area (TPSA) is 83.5 Å². The standard InChI is InChI=1S/C15H19N3O3S/c1-10-18-12(9-22-10)7-16-15(20)17-8-14(19)11-3-5-13(21-2)6-4-11/h3-6,9,14,19H,7-8H2,1-2H3,(H2,16,17,20)/t14-/m1/s1. The van der Waals surface area contributed by atoms with Gasteiger partial charge in [-0.3, -0.25) is 0 Å². The molecule has 3 N–H and O–H groups in total. The fourth-order valence-electron chi connectivity index (χ4n) is 1.86. The van der Waals surface area contributed by atoms with E-state index in [9.17, 15) is 9.90 Å². The maximum atomic E-state index is 11.7. The molecule has 6 nitrogen and oxygen atoms in total. The first-order chi connectivity index (χ1) is 10.6. The third kappa shape index (κ3) is 4.71. The molecule has 0 saturated carbocycles. The van der Waals surface area contributed by atoms with Gasteiger partial charge in [-0.2, -0.15) is 0 Å². The van der Waals surface area contributed by atoms with Crippen molar-refractivity contribution in [2.24, 2.45) is 0 Å². The number of rotatable bonds is 6. The lowest BCUT2D eigenvalue weighted by atomic mass is 10.1. The summed E-state index contributed by atoms with van der Waals surface area (Å²) in [5.41, 5.74) is 1.55. The zero-order valence-corrected chi connectivity index (χ0v) is 13.3. The second-order valence-electron chi connectivity index (χ2n) is 4.71. The Morgan fingerprint density at radius 3 is 2.68 bits per heavy atom. The van der Waals surface area contributed by atoms with E-state index in [1.165, 1.54) is 0 Å². The first-order valence-electron chi connectivity index (χ1n) is 6.83. The van der Waals surface area contributed by atoms with Crippen molar-refractivity contribution in [3.8, 4) is 5.75 Å². The lowest BCUT2D eigenvalue weighted by Gasteiger charge is -2.13. The summed E-state index contributed by atoms with van der Waals surface area (Å²) in [7, 11) is 1.58. The lowest BCUT2D eigenvalue weighted by molar-refractivity contribution is 0.173. The Balaban J connectivity index is 1.74. The molecule has 2 rings (SSSR count). The van der Waals surface area contributed by atoms with E-state index in [2.05, 4.69) is 15.6 Å². The van der Waals surface area contributed by atoms with Crippen molar-refractivity contribution in [2.75, 3.05) is 13.7 Å². The first-order valence-corrected chi connectivity index (χ1v) is 7.71. The summed E-state index contributed by atoms with van der Waals surface area (Å²) < 4.78 is 5.06. The summed E-state index contributed by atoms with van der Waals surface area (Å²) in [4.78, 5) is 15.9. The van der Waals surface area contributed by atoms with Crippen molar-refractivity contribution in [1.82, 2.24) is 15.6 Å². The van der Waals surface area contributed by atoms with E-state index in [1.807, 2.05) is 12.3 Å². The smallest absolute Gasteiger partial charge is 0.315 e. The molecule has 1 aromatic carbocycles. The second kappa shape index (κ2) is 7.77. The number of benzene rings is 1. The number of aromatic nitrogens is 1. The van der Waals surface area contributed by atoms with Gasteiger partial charge in [0.05, 0.1) is 30.5 Å². The highest BCUT2D eigenvalue weighted by Gasteiger charge is 2.10. The van der Waals surface area contributed by atoms with Crippen LogP contribution in [0, 0.1) is 6.92 Å². The Kier molecular flexibility index (Phi) is 5.74. The Bertz CT molecular complexity index is 613. The van der Waals surface area contributed by atoms with Crippen LogP contribution in [0.25, 0.3) is 0 Å². The number of aryl methyl sites for hydroxylation is 1. The number of hydrogen-bond donors (Lipinski definition) is 3. The molecule has 1 aromatic heterocycles. The van der Waals surface area contributed by atoms with Gasteiger partial charge in [-0.15, -0.1) is 11.3 Å². The number of hydrogen-bond acceptors (Lipinski definition) is 5. The zero-order chi connectivity index (χ0) is 15.9. The number of carbonyl (C=O) groups is 1. The highest BCUT2D eigenvalue weighted by atomic mass is 32.1. The maximum absolute atomic E-state index is 11.7. The van der Waals surface area contributed by atoms with Crippen LogP contribution in [0.1, 0.15) is 22.4 Å². The average Bonchev–Trinajstić information content (AvgIpc) is 2.96. The summed E-state index contributed by atoms with van der Waals surface area (Å²) >= 11 is 1.54. The summed E-state index contributed by atoms with van der Waals surface area (Å²) in [5, 5.41) is 18.2. The van der Waals surface area contributed by atoms with Gasteiger partial charge >= 0.3 is 6.03 Å². The minimum absolute atomic E-state index is 0.133. The van der Waals surface area contributed by atoms with Crippen LogP contribution < -0.4 is 15.4 Å². The third-order valence-corrected chi connectivity index (χ3v) is 3.88. The molecule has 1 heterocycles. The Labute approximate surface area is 133 Å². The molecule has 0 bridgehead atoms. The van der Waals surface area contributed by atoms with Crippen molar-refractivity contribution in [3.63, 3.8) is 0 Å². The van der Waals surface area contributed by atoms with E-state index in [1.54, 1.807) is 42.7 Å². The predicted molar refractivity (Wildman–Crippen MR) is 85.0 cm³/mol. The SMILES string of the molecule is COc1ccc([C@H](O)CNC(=O)NCc2csc(C)n2)cc1. The molecule has 2 aromatic rings. The van der Waals surface area contributed by atoms with Crippen LogP contribution in [-0.2, 0) is 6.54 Å². The molecule has 118 valence electrons. The molecule has 2 amide bonds. The monoisotopic (exact) mass is 321 g/mol. The molecule has 0 radical (unpaired) electrons. The van der Waals surface area contributed by atoms with Crippen LogP contribution in [0.4, 0.5) is 4.79 Å². The molecular formula is C15H19N3O3S. The van der Waals surface area contributed by atoms with Crippen LogP contribution in [-0.4, -0.2) is 29.8 Å². The van der Waals surface area contributed by atoms with Gasteiger partial charge in [0, 0.05) is 11.9 Å². The van der Waals surface area contributed by atoms with Crippen molar-refractivity contribution in [1.29, 1.82) is 0 Å². The Hall–Kier alpha value is -2.12. The number of aliphatic hydroxyl groups excluding tert-OH is 1. The molecule has 0 aliphatic rings. The van der Waals surface area contributed by atoms with Gasteiger partial charge in [-0.25, -0.2) is 9.78 Å². The number of aliphatic hydroxyl groups is 1. The number of methoxy groups -OCH3 is 1. The van der Waals surface area contributed by atoms with Gasteiger partial charge in [0.25, 0.3) is 0 Å². The zero-order valence-electron chi connectivity index (χ0n) is 12.5. The second-order valence-corrected chi connectivity index (χ2v) is 5.77. The predicted octanol–water partition coefficient (Wildman–Crippen LogP) is 1.99. The molecule has 0 aliphatic heterocycles. The molecule has 0 spiro atoms. The van der Waals surface area contributed by atoms with Gasteiger partial charge < -0.3 is 20.5 Å². The lowest BCUT2D eigenvalue weighted by Crippen LogP contribution is -2.37. The van der Waals surface area contributed by atoms with Gasteiger partial charge in [-0.05, 0) is 24.6 Å². The summed E-state index contributed by atoms with van der Waals surface area (Å²) in [6.07, 6.45) is -0.766. The van der Waals surface area contributed by atoms with Crippen LogP contribution in [0.3, 0.4) is 0 Å². The Morgan fingerprint density at radius 1 is 1.36 bits per heavy atom. The van der Waals surface area contributed by atoms with E-state index in [0.29, 0.717) is 6.54 Å². The number of nitrogens with one attached hydrogen (secondary N) is 2. The molecule has 7 heteroatoms. The van der Waals surface area contributed by atoms with Crippen molar-refractivity contribution in [3.05, 3.63) is 45.9 Å². The van der Waals surface area contributed by atoms with Crippen LogP contribution >= 0.6 is 11.3 Å². The minimum Gasteiger partial charge on any atom is -0.497 e. The van der Waals surface area contributed by atoms with E-state index >= 15 is 0 Å². The minimum atomic E-state index is -0.766. The first kappa shape index (κ1) is 16.3. The molecule has 0 aliphatic carbocycles. The van der Waals surface area contributed by atoms with Crippen LogP contribution in [0.2, 0.25) is 0 Å². The van der Waals surface area contributed by atoms with Crippen LogP contribution in [0.5, 0.6) is 5.75 Å². The summed E-state index contributed by atoms with van der Waals surface area (Å²) in [6.45, 7) is 2.42. The van der Waals surface area contributed by atoms with Gasteiger partial charge in [-0.1, -0.05) is 12.1 Å². The van der Waals surface area contributed by atoms with E-state index in [-0.39, 0.29) is 12.6 Å². The van der Waals surface area contributed by atoms with Crippen molar-refractivity contribution < 1.29 is 14.6 Å². The van der Waals surface area contributed by atoms with Crippen LogP contribution in [0.15, 0.2) is 29.6 Å². The molecule has 1 atom stereocenters. The molecule has 0 saturated heterocycles. The number of nitrogens with zero attached hydrogens (tertiary/aromatic N) is 1. The maximum Gasteiger partial charge on any atom is 0.315 e. The highest BCUT2D eigenvalue weighted by molar-refractivity contribution is 7.09. The molecular weight excluding hydrogens is 302 g/mol. The fraction of sp³-hybridized carbons (Fsp3) is 0.333. The fourth-order valence-corrected chi connectivity index (χ4v) is 2.47. The summed E-state index contributed by atoms with van der Waals surface area (Å²) in [6, 6.07) is 6.73. The normalized spacial score (nSPS) is 11.8. The van der Waals surface area contributed by atoms with E-state index in [0.717, 1.165) is 22.0 Å². The van der Waals surface area contributed by atoms with Gasteiger partial charge in [0.2, 0.25) is 0 Å². The summed E-state index contributed by atoms with van der Waals surface area (Å²) in [5.74, 6) is 0.722. The number of thiazole rings is 1. The van der Waals surface area contributed by atoms with E-state index in [4.69, 9.17) is 4.74 Å². The highest BCUT2D eigenvalue weighted by Crippen LogP contribution is 2.16. The van der Waals surface area contributed by atoms with Crippen molar-refractivity contribution >= 4 is 17.4 Å². The number of ether oxygens (including phenoxy) is 1. The molecule has 22 heavy (non-hydrogen) atoms. The third-order valence-electron chi connectivity index (χ3n) is 3.05. The quantitative estimate of drug-likeness (QED) is 0.760. The average molecular weight is 321 g/mol. The largest absolute Gasteiger partial charge is 0.497 e. The Morgan fingerprint density at radius 2 is 2.09 bits per heavy atom. The number of carbonyl (C=O) groups excluding carboxylic acids is 1. The van der Waals surface area contributed by atoms with Crippen molar-refractivity contribution in [2.45, 2.75) is 19.6 Å². The van der Waals surface area contributed by atoms with Gasteiger partial charge in [0.15, 0.2) is 0 Å². The van der Waals surface area contributed by atoms with E-state index < -0.39 is 6.10 Å². The molecule has 0 unspecified atom stereocenters.